The van der Waals surface area contributed by atoms with Gasteiger partial charge in [-0.3, -0.25) is 4.90 Å². The van der Waals surface area contributed by atoms with Crippen LogP contribution < -0.4 is 9.64 Å². The minimum Gasteiger partial charge on any atom is -0.468 e. The van der Waals surface area contributed by atoms with E-state index in [2.05, 4.69) is 9.80 Å². The Balaban J connectivity index is 1.46. The molecule has 6 nitrogen and oxygen atoms in total. The van der Waals surface area contributed by atoms with Crippen LogP contribution in [0.3, 0.4) is 0 Å². The second-order valence-corrected chi connectivity index (χ2v) is 7.90. The van der Waals surface area contributed by atoms with E-state index in [4.69, 9.17) is 19.1 Å². The Morgan fingerprint density at radius 2 is 1.83 bits per heavy atom. The van der Waals surface area contributed by atoms with Gasteiger partial charge in [0.1, 0.15) is 17.3 Å². The van der Waals surface area contributed by atoms with Crippen LogP contribution in [0.5, 0.6) is 11.6 Å². The molecule has 3 aromatic rings. The van der Waals surface area contributed by atoms with Crippen molar-refractivity contribution in [1.29, 1.82) is 0 Å². The highest BCUT2D eigenvalue weighted by Gasteiger charge is 2.26. The molecule has 0 amide bonds. The SMILES string of the molecule is Fc1ccc(Oc2nc(N3CCCCC3)nc3c2CN(Cc2ccco2)CC3)cc1. The van der Waals surface area contributed by atoms with Gasteiger partial charge in [0.15, 0.2) is 0 Å². The van der Waals surface area contributed by atoms with Crippen LogP contribution in [0, 0.1) is 5.82 Å². The highest BCUT2D eigenvalue weighted by atomic mass is 19.1. The van der Waals surface area contributed by atoms with Gasteiger partial charge >= 0.3 is 0 Å². The number of piperidine rings is 1. The van der Waals surface area contributed by atoms with Crippen LogP contribution in [0.1, 0.15) is 36.3 Å². The maximum absolute atomic E-state index is 13.3. The molecule has 2 aromatic heterocycles. The molecule has 0 unspecified atom stereocenters. The molecule has 156 valence electrons. The first-order chi connectivity index (χ1) is 14.7. The van der Waals surface area contributed by atoms with E-state index in [1.165, 1.54) is 18.6 Å². The lowest BCUT2D eigenvalue weighted by molar-refractivity contribution is 0.219. The summed E-state index contributed by atoms with van der Waals surface area (Å²) in [5.74, 6) is 2.53. The molecule has 0 N–H and O–H groups in total. The Morgan fingerprint density at radius 3 is 2.60 bits per heavy atom. The number of anilines is 1. The topological polar surface area (TPSA) is 54.6 Å². The standard InChI is InChI=1S/C23H25FN4O2/c24-17-6-8-18(9-7-17)30-22-20-16-27(15-19-5-4-14-29-19)13-10-21(20)25-23(26-22)28-11-2-1-3-12-28/h4-9,14H,1-3,10-13,15-16H2. The number of hydrogen-bond donors (Lipinski definition) is 0. The highest BCUT2D eigenvalue weighted by molar-refractivity contribution is 5.43. The van der Waals surface area contributed by atoms with Crippen LogP contribution in [0.15, 0.2) is 47.1 Å². The van der Waals surface area contributed by atoms with Crippen LogP contribution in [0.4, 0.5) is 10.3 Å². The molecule has 1 aromatic carbocycles. The molecule has 7 heteroatoms. The summed E-state index contributed by atoms with van der Waals surface area (Å²) in [6.45, 7) is 4.27. The van der Waals surface area contributed by atoms with Gasteiger partial charge in [-0.2, -0.15) is 4.98 Å². The van der Waals surface area contributed by atoms with Crippen LogP contribution in [0.25, 0.3) is 0 Å². The zero-order valence-corrected chi connectivity index (χ0v) is 16.9. The Hall–Kier alpha value is -2.93. The number of aromatic nitrogens is 2. The van der Waals surface area contributed by atoms with Gasteiger partial charge in [0.2, 0.25) is 11.8 Å². The lowest BCUT2D eigenvalue weighted by Crippen LogP contribution is -2.34. The minimum atomic E-state index is -0.286. The molecule has 2 aliphatic heterocycles. The van der Waals surface area contributed by atoms with Gasteiger partial charge in [0.05, 0.1) is 24.1 Å². The molecule has 0 radical (unpaired) electrons. The summed E-state index contributed by atoms with van der Waals surface area (Å²) >= 11 is 0. The monoisotopic (exact) mass is 408 g/mol. The van der Waals surface area contributed by atoms with E-state index >= 15 is 0 Å². The molecule has 1 saturated heterocycles. The average molecular weight is 408 g/mol. The Kier molecular flexibility index (Phi) is 5.36. The molecule has 30 heavy (non-hydrogen) atoms. The molecule has 1 fully saturated rings. The van der Waals surface area contributed by atoms with Crippen molar-refractivity contribution in [2.75, 3.05) is 24.5 Å². The number of rotatable bonds is 5. The fourth-order valence-corrected chi connectivity index (χ4v) is 4.12. The molecule has 0 bridgehead atoms. The van der Waals surface area contributed by atoms with E-state index in [1.807, 2.05) is 12.1 Å². The molecule has 0 spiro atoms. The first-order valence-electron chi connectivity index (χ1n) is 10.6. The van der Waals surface area contributed by atoms with Crippen LogP contribution >= 0.6 is 0 Å². The van der Waals surface area contributed by atoms with E-state index in [-0.39, 0.29) is 5.82 Å². The van der Waals surface area contributed by atoms with E-state index in [9.17, 15) is 4.39 Å². The Morgan fingerprint density at radius 1 is 1.00 bits per heavy atom. The van der Waals surface area contributed by atoms with Gasteiger partial charge in [-0.25, -0.2) is 9.37 Å². The maximum atomic E-state index is 13.3. The summed E-state index contributed by atoms with van der Waals surface area (Å²) in [4.78, 5) is 14.3. The number of benzene rings is 1. The van der Waals surface area contributed by atoms with Crippen molar-refractivity contribution in [3.63, 3.8) is 0 Å². The third-order valence-electron chi connectivity index (χ3n) is 5.72. The zero-order chi connectivity index (χ0) is 20.3. The van der Waals surface area contributed by atoms with Crippen LogP contribution in [0.2, 0.25) is 0 Å². The second-order valence-electron chi connectivity index (χ2n) is 7.90. The van der Waals surface area contributed by atoms with Crippen molar-refractivity contribution in [2.24, 2.45) is 0 Å². The molecule has 0 atom stereocenters. The highest BCUT2D eigenvalue weighted by Crippen LogP contribution is 2.32. The first kappa shape index (κ1) is 19.1. The van der Waals surface area contributed by atoms with Gasteiger partial charge in [0.25, 0.3) is 0 Å². The largest absolute Gasteiger partial charge is 0.468 e. The molecular weight excluding hydrogens is 383 g/mol. The van der Waals surface area contributed by atoms with Crippen molar-refractivity contribution >= 4 is 5.95 Å². The number of fused-ring (bicyclic) bond motifs is 1. The molecule has 4 heterocycles. The normalized spacial score (nSPS) is 17.0. The summed E-state index contributed by atoms with van der Waals surface area (Å²) < 4.78 is 25.0. The van der Waals surface area contributed by atoms with E-state index < -0.39 is 0 Å². The van der Waals surface area contributed by atoms with Crippen LogP contribution in [-0.4, -0.2) is 34.5 Å². The fourth-order valence-electron chi connectivity index (χ4n) is 4.12. The molecule has 5 rings (SSSR count). The predicted molar refractivity (Wildman–Crippen MR) is 111 cm³/mol. The molecule has 0 aliphatic carbocycles. The fraction of sp³-hybridized carbons (Fsp3) is 0.391. The van der Waals surface area contributed by atoms with Crippen molar-refractivity contribution in [2.45, 2.75) is 38.8 Å². The molecule has 2 aliphatic rings. The quantitative estimate of drug-likeness (QED) is 0.617. The molecular formula is C23H25FN4O2. The number of furan rings is 1. The minimum absolute atomic E-state index is 0.286. The summed E-state index contributed by atoms with van der Waals surface area (Å²) in [5, 5.41) is 0. The zero-order valence-electron chi connectivity index (χ0n) is 16.9. The van der Waals surface area contributed by atoms with Crippen molar-refractivity contribution in [3.05, 3.63) is 65.5 Å². The number of ether oxygens (including phenoxy) is 1. The lowest BCUT2D eigenvalue weighted by atomic mass is 10.1. The third-order valence-corrected chi connectivity index (χ3v) is 5.72. The van der Waals surface area contributed by atoms with Crippen molar-refractivity contribution in [1.82, 2.24) is 14.9 Å². The number of nitrogens with zero attached hydrogens (tertiary/aromatic N) is 4. The second kappa shape index (κ2) is 8.44. The molecule has 0 saturated carbocycles. The van der Waals surface area contributed by atoms with E-state index in [0.29, 0.717) is 18.2 Å². The van der Waals surface area contributed by atoms with E-state index in [1.54, 1.807) is 18.4 Å². The van der Waals surface area contributed by atoms with Gasteiger partial charge in [0, 0.05) is 32.6 Å². The van der Waals surface area contributed by atoms with Gasteiger partial charge < -0.3 is 14.1 Å². The lowest BCUT2D eigenvalue weighted by Gasteiger charge is -2.31. The average Bonchev–Trinajstić information content (AvgIpc) is 3.29. The first-order valence-corrected chi connectivity index (χ1v) is 10.6. The summed E-state index contributed by atoms with van der Waals surface area (Å²) in [7, 11) is 0. The van der Waals surface area contributed by atoms with Crippen LogP contribution in [-0.2, 0) is 19.5 Å². The van der Waals surface area contributed by atoms with Gasteiger partial charge in [-0.15, -0.1) is 0 Å². The smallest absolute Gasteiger partial charge is 0.228 e. The predicted octanol–water partition coefficient (Wildman–Crippen LogP) is 4.55. The summed E-state index contributed by atoms with van der Waals surface area (Å²) in [5.41, 5.74) is 2.04. The Bertz CT molecular complexity index is 985. The van der Waals surface area contributed by atoms with E-state index in [0.717, 1.165) is 68.4 Å². The summed E-state index contributed by atoms with van der Waals surface area (Å²) in [6, 6.07) is 9.96. The number of halogens is 1. The van der Waals surface area contributed by atoms with Gasteiger partial charge in [-0.1, -0.05) is 0 Å². The van der Waals surface area contributed by atoms with Crippen molar-refractivity contribution in [3.8, 4) is 11.6 Å². The third kappa shape index (κ3) is 4.16. The number of hydrogen-bond acceptors (Lipinski definition) is 6. The summed E-state index contributed by atoms with van der Waals surface area (Å²) in [6.07, 6.45) is 6.10. The van der Waals surface area contributed by atoms with Gasteiger partial charge in [-0.05, 0) is 55.7 Å². The Labute approximate surface area is 175 Å². The maximum Gasteiger partial charge on any atom is 0.228 e. The van der Waals surface area contributed by atoms with Crippen molar-refractivity contribution < 1.29 is 13.5 Å².